The molecule has 25 heavy (non-hydrogen) atoms. The normalized spacial score (nSPS) is 10.8. The van der Waals surface area contributed by atoms with Crippen molar-refractivity contribution < 1.29 is 9.53 Å². The smallest absolute Gasteiger partial charge is 0.287 e. The Balaban J connectivity index is 1.95. The number of benzene rings is 1. The van der Waals surface area contributed by atoms with Gasteiger partial charge in [-0.05, 0) is 29.8 Å². The van der Waals surface area contributed by atoms with Crippen molar-refractivity contribution in [2.24, 2.45) is 0 Å². The molecule has 3 rings (SSSR count). The molecule has 128 valence electrons. The van der Waals surface area contributed by atoms with Gasteiger partial charge in [0.05, 0.1) is 24.1 Å². The highest BCUT2D eigenvalue weighted by Crippen LogP contribution is 2.08. The van der Waals surface area contributed by atoms with Gasteiger partial charge in [0.15, 0.2) is 0 Å². The number of rotatable bonds is 6. The third-order valence-electron chi connectivity index (χ3n) is 3.79. The number of carbonyl (C=O) groups excluding carboxylic acids is 1. The molecule has 0 unspecified atom stereocenters. The lowest BCUT2D eigenvalue weighted by Crippen LogP contribution is -2.34. The molecular weight excluding hydrogens is 320 g/mol. The number of aromatic nitrogens is 3. The van der Waals surface area contributed by atoms with Crippen molar-refractivity contribution in [1.29, 1.82) is 0 Å². The van der Waals surface area contributed by atoms with E-state index in [0.717, 1.165) is 5.56 Å². The van der Waals surface area contributed by atoms with Crippen molar-refractivity contribution in [3.8, 4) is 0 Å². The van der Waals surface area contributed by atoms with Crippen LogP contribution in [0.15, 0.2) is 53.6 Å². The van der Waals surface area contributed by atoms with Crippen molar-refractivity contribution in [1.82, 2.24) is 19.9 Å². The van der Waals surface area contributed by atoms with Gasteiger partial charge in [0.2, 0.25) is 5.82 Å². The summed E-state index contributed by atoms with van der Waals surface area (Å²) in [6, 6.07) is 10.6. The molecule has 1 N–H and O–H groups in total. The topological polar surface area (TPSA) is 86.1 Å². The van der Waals surface area contributed by atoms with E-state index >= 15 is 0 Å². The predicted octanol–water partition coefficient (Wildman–Crippen LogP) is 1.37. The zero-order valence-corrected chi connectivity index (χ0v) is 13.8. The van der Waals surface area contributed by atoms with E-state index in [-0.39, 0.29) is 17.9 Å². The summed E-state index contributed by atoms with van der Waals surface area (Å²) in [5.74, 6) is -0.328. The highest BCUT2D eigenvalue weighted by Gasteiger charge is 2.17. The summed E-state index contributed by atoms with van der Waals surface area (Å²) in [7, 11) is 1.54. The first-order chi connectivity index (χ1) is 12.2. The first-order valence-corrected chi connectivity index (χ1v) is 7.86. The SMILES string of the molecule is COCCn1c(C(=O)NCc2ccncc2)nc2ccccc2c1=O. The minimum Gasteiger partial charge on any atom is -0.383 e. The molecule has 0 aliphatic heterocycles. The summed E-state index contributed by atoms with van der Waals surface area (Å²) in [6.45, 7) is 0.893. The first kappa shape index (κ1) is 16.8. The Bertz CT molecular complexity index is 938. The van der Waals surface area contributed by atoms with Crippen molar-refractivity contribution in [2.75, 3.05) is 13.7 Å². The minimum atomic E-state index is -0.407. The second-order valence-corrected chi connectivity index (χ2v) is 5.44. The molecule has 0 radical (unpaired) electrons. The lowest BCUT2D eigenvalue weighted by molar-refractivity contribution is 0.0931. The van der Waals surface area contributed by atoms with Crippen molar-refractivity contribution in [3.05, 3.63) is 70.5 Å². The molecule has 3 aromatic rings. The van der Waals surface area contributed by atoms with Crippen LogP contribution in [0.1, 0.15) is 16.2 Å². The fraction of sp³-hybridized carbons (Fsp3) is 0.222. The second-order valence-electron chi connectivity index (χ2n) is 5.44. The Hall–Kier alpha value is -3.06. The molecule has 7 heteroatoms. The number of ether oxygens (including phenoxy) is 1. The van der Waals surface area contributed by atoms with Crippen LogP contribution in [-0.4, -0.2) is 34.2 Å². The third kappa shape index (κ3) is 3.72. The summed E-state index contributed by atoms with van der Waals surface area (Å²) >= 11 is 0. The maximum Gasteiger partial charge on any atom is 0.287 e. The van der Waals surface area contributed by atoms with Crippen LogP contribution >= 0.6 is 0 Å². The van der Waals surface area contributed by atoms with E-state index in [9.17, 15) is 9.59 Å². The summed E-state index contributed by atoms with van der Waals surface area (Å²) in [5.41, 5.74) is 1.15. The lowest BCUT2D eigenvalue weighted by Gasteiger charge is -2.13. The maximum atomic E-state index is 12.7. The van der Waals surface area contributed by atoms with Crippen LogP contribution in [0.25, 0.3) is 10.9 Å². The molecule has 2 heterocycles. The number of para-hydroxylation sites is 1. The Morgan fingerprint density at radius 3 is 2.72 bits per heavy atom. The Labute approximate surface area is 144 Å². The van der Waals surface area contributed by atoms with E-state index in [1.807, 2.05) is 12.1 Å². The molecule has 0 bridgehead atoms. The number of nitrogens with zero attached hydrogens (tertiary/aromatic N) is 3. The Morgan fingerprint density at radius 1 is 1.20 bits per heavy atom. The highest BCUT2D eigenvalue weighted by atomic mass is 16.5. The highest BCUT2D eigenvalue weighted by molar-refractivity contribution is 5.93. The van der Waals surface area contributed by atoms with Crippen LogP contribution in [0.3, 0.4) is 0 Å². The average molecular weight is 338 g/mol. The van der Waals surface area contributed by atoms with E-state index in [1.54, 1.807) is 43.8 Å². The van der Waals surface area contributed by atoms with Gasteiger partial charge < -0.3 is 10.1 Å². The lowest BCUT2D eigenvalue weighted by atomic mass is 10.2. The number of fused-ring (bicyclic) bond motifs is 1. The van der Waals surface area contributed by atoms with Gasteiger partial charge in [-0.25, -0.2) is 4.98 Å². The zero-order valence-electron chi connectivity index (χ0n) is 13.8. The molecule has 1 aromatic carbocycles. The Kier molecular flexibility index (Phi) is 5.15. The van der Waals surface area contributed by atoms with Crippen LogP contribution < -0.4 is 10.9 Å². The van der Waals surface area contributed by atoms with Gasteiger partial charge in [-0.2, -0.15) is 0 Å². The van der Waals surface area contributed by atoms with Crippen LogP contribution in [0, 0.1) is 0 Å². The number of methoxy groups -OCH3 is 1. The van der Waals surface area contributed by atoms with Gasteiger partial charge in [-0.1, -0.05) is 12.1 Å². The van der Waals surface area contributed by atoms with Crippen molar-refractivity contribution >= 4 is 16.8 Å². The molecule has 2 aromatic heterocycles. The largest absolute Gasteiger partial charge is 0.383 e. The van der Waals surface area contributed by atoms with Gasteiger partial charge in [0.25, 0.3) is 11.5 Å². The maximum absolute atomic E-state index is 12.7. The Morgan fingerprint density at radius 2 is 1.96 bits per heavy atom. The molecule has 7 nitrogen and oxygen atoms in total. The summed E-state index contributed by atoms with van der Waals surface area (Å²) in [6.07, 6.45) is 3.31. The van der Waals surface area contributed by atoms with E-state index in [4.69, 9.17) is 4.74 Å². The fourth-order valence-electron chi connectivity index (χ4n) is 2.49. The summed E-state index contributed by atoms with van der Waals surface area (Å²) in [4.78, 5) is 33.6. The molecule has 0 saturated carbocycles. The monoisotopic (exact) mass is 338 g/mol. The van der Waals surface area contributed by atoms with Gasteiger partial charge in [-0.15, -0.1) is 0 Å². The third-order valence-corrected chi connectivity index (χ3v) is 3.79. The van der Waals surface area contributed by atoms with Gasteiger partial charge in [-0.3, -0.25) is 19.1 Å². The van der Waals surface area contributed by atoms with E-state index in [1.165, 1.54) is 4.57 Å². The van der Waals surface area contributed by atoms with Crippen molar-refractivity contribution in [2.45, 2.75) is 13.1 Å². The molecule has 1 amide bonds. The number of amides is 1. The summed E-state index contributed by atoms with van der Waals surface area (Å²) < 4.78 is 6.41. The van der Waals surface area contributed by atoms with Gasteiger partial charge in [0.1, 0.15) is 0 Å². The van der Waals surface area contributed by atoms with Gasteiger partial charge >= 0.3 is 0 Å². The van der Waals surface area contributed by atoms with Crippen LogP contribution in [-0.2, 0) is 17.8 Å². The van der Waals surface area contributed by atoms with Crippen LogP contribution in [0.5, 0.6) is 0 Å². The number of hydrogen-bond acceptors (Lipinski definition) is 5. The van der Waals surface area contributed by atoms with E-state index in [2.05, 4.69) is 15.3 Å². The number of nitrogens with one attached hydrogen (secondary N) is 1. The second kappa shape index (κ2) is 7.67. The molecule has 0 aliphatic carbocycles. The number of hydrogen-bond donors (Lipinski definition) is 1. The minimum absolute atomic E-state index is 0.0785. The van der Waals surface area contributed by atoms with E-state index in [0.29, 0.717) is 24.1 Å². The molecule has 0 aliphatic rings. The quantitative estimate of drug-likeness (QED) is 0.733. The zero-order chi connectivity index (χ0) is 17.6. The molecular formula is C18H18N4O3. The van der Waals surface area contributed by atoms with E-state index < -0.39 is 5.91 Å². The molecule has 0 spiro atoms. The standard InChI is InChI=1S/C18H18N4O3/c1-25-11-10-22-16(17(23)20-12-13-6-8-19-9-7-13)21-15-5-3-2-4-14(15)18(22)24/h2-9H,10-12H2,1H3,(H,20,23). The molecule has 0 atom stereocenters. The number of pyridine rings is 1. The number of carbonyl (C=O) groups is 1. The van der Waals surface area contributed by atoms with Gasteiger partial charge in [0, 0.05) is 26.0 Å². The molecule has 0 saturated heterocycles. The van der Waals surface area contributed by atoms with Crippen LogP contribution in [0.2, 0.25) is 0 Å². The van der Waals surface area contributed by atoms with Crippen molar-refractivity contribution in [3.63, 3.8) is 0 Å². The average Bonchev–Trinajstić information content (AvgIpc) is 2.66. The van der Waals surface area contributed by atoms with Crippen LogP contribution in [0.4, 0.5) is 0 Å². The first-order valence-electron chi connectivity index (χ1n) is 7.86. The summed E-state index contributed by atoms with van der Waals surface area (Å²) in [5, 5.41) is 3.27. The molecule has 0 fully saturated rings. The predicted molar refractivity (Wildman–Crippen MR) is 93.3 cm³/mol. The fourth-order valence-corrected chi connectivity index (χ4v) is 2.49.